The fourth-order valence-corrected chi connectivity index (χ4v) is 7.44. The van der Waals surface area contributed by atoms with Gasteiger partial charge < -0.3 is 27.0 Å². The maximum Gasteiger partial charge on any atom is 0.246 e. The van der Waals surface area contributed by atoms with Gasteiger partial charge in [0.25, 0.3) is 0 Å². The van der Waals surface area contributed by atoms with Gasteiger partial charge in [-0.1, -0.05) is 82.8 Å². The van der Waals surface area contributed by atoms with Crippen molar-refractivity contribution in [2.75, 3.05) is 21.7 Å². The number of carbonyl (C=O) groups excluding carboxylic acids is 2. The number of halogens is 4. The minimum absolute atomic E-state index is 0.0976. The number of benzene rings is 4. The Morgan fingerprint density at radius 1 is 0.683 bits per heavy atom. The molecule has 8 aromatic rings. The highest BCUT2D eigenvalue weighted by Crippen LogP contribution is 2.28. The standard InChI is InChI=1S/C24H20Cl2N6O2.C19H15Cl2N5/c25-16-4-1-15(18(26)11-16)13-27-22-12-20(30-21-9-10-28-32(21)22)14-2-5-17(6-3-14)29-24(34)19-7-8-23(33)31-19;20-14-4-1-13(16(21)9-14)11-23-19-10-17(12-2-5-15(22)6-3-12)25-18-7-8-24-26(18)19/h1-6,9-12,19,27H,7-8,13H2,(H,29,34)(H,31,33);1-10,23H,11,22H2/t19-;/m1./s1. The van der Waals surface area contributed by atoms with Crippen LogP contribution in [0.3, 0.4) is 0 Å². The van der Waals surface area contributed by atoms with Crippen LogP contribution in [0.15, 0.2) is 122 Å². The van der Waals surface area contributed by atoms with E-state index in [-0.39, 0.29) is 11.8 Å². The molecule has 0 spiro atoms. The lowest BCUT2D eigenvalue weighted by Gasteiger charge is -2.13. The monoisotopic (exact) mass is 877 g/mol. The summed E-state index contributed by atoms with van der Waals surface area (Å²) in [6.45, 7) is 1.02. The number of hydrogen-bond donors (Lipinski definition) is 5. The van der Waals surface area contributed by atoms with E-state index in [0.29, 0.717) is 57.4 Å². The predicted octanol–water partition coefficient (Wildman–Crippen LogP) is 9.43. The van der Waals surface area contributed by atoms with Crippen molar-refractivity contribution in [2.24, 2.45) is 0 Å². The topological polar surface area (TPSA) is 169 Å². The van der Waals surface area contributed by atoms with Crippen LogP contribution in [-0.4, -0.2) is 47.1 Å². The number of nitrogen functional groups attached to an aromatic ring is 1. The Morgan fingerprint density at radius 2 is 1.18 bits per heavy atom. The minimum Gasteiger partial charge on any atom is -0.399 e. The summed E-state index contributed by atoms with van der Waals surface area (Å²) in [7, 11) is 0. The molecule has 0 bridgehead atoms. The van der Waals surface area contributed by atoms with Crippen molar-refractivity contribution in [2.45, 2.75) is 32.0 Å². The number of anilines is 4. The molecular weight excluding hydrogens is 844 g/mol. The van der Waals surface area contributed by atoms with Crippen molar-refractivity contribution in [3.8, 4) is 22.5 Å². The normalized spacial score (nSPS) is 13.5. The van der Waals surface area contributed by atoms with Gasteiger partial charge >= 0.3 is 0 Å². The second-order valence-corrected chi connectivity index (χ2v) is 15.5. The lowest BCUT2D eigenvalue weighted by atomic mass is 10.1. The summed E-state index contributed by atoms with van der Waals surface area (Å²) in [5.41, 5.74) is 13.9. The molecule has 0 radical (unpaired) electrons. The molecule has 6 N–H and O–H groups in total. The van der Waals surface area contributed by atoms with E-state index < -0.39 is 6.04 Å². The number of nitrogens with zero attached hydrogens (tertiary/aromatic N) is 6. The average molecular weight is 880 g/mol. The molecule has 0 aliphatic carbocycles. The Kier molecular flexibility index (Phi) is 12.0. The van der Waals surface area contributed by atoms with Crippen molar-refractivity contribution in [1.82, 2.24) is 34.5 Å². The number of carbonyl (C=O) groups is 2. The van der Waals surface area contributed by atoms with E-state index in [4.69, 9.17) is 57.1 Å². The molecule has 0 saturated carbocycles. The van der Waals surface area contributed by atoms with Gasteiger partial charge in [-0.15, -0.1) is 0 Å². The Bertz CT molecular complexity index is 2850. The number of nitrogens with two attached hydrogens (primary N) is 1. The molecule has 1 aliphatic heterocycles. The number of aromatic nitrogens is 6. The molecule has 1 fully saturated rings. The van der Waals surface area contributed by atoms with Crippen molar-refractivity contribution >= 4 is 92.5 Å². The van der Waals surface area contributed by atoms with E-state index in [1.54, 1.807) is 39.6 Å². The Balaban J connectivity index is 0.000000172. The molecule has 5 heterocycles. The molecule has 1 saturated heterocycles. The molecule has 9 rings (SSSR count). The minimum atomic E-state index is -0.485. The number of nitrogens with one attached hydrogen (secondary N) is 4. The van der Waals surface area contributed by atoms with E-state index in [0.717, 1.165) is 56.6 Å². The zero-order valence-electron chi connectivity index (χ0n) is 31.5. The highest BCUT2D eigenvalue weighted by molar-refractivity contribution is 6.35. The van der Waals surface area contributed by atoms with Crippen molar-refractivity contribution in [3.63, 3.8) is 0 Å². The van der Waals surface area contributed by atoms with Gasteiger partial charge in [0.2, 0.25) is 11.8 Å². The number of amides is 2. The van der Waals surface area contributed by atoms with E-state index in [2.05, 4.69) is 36.4 Å². The average Bonchev–Trinajstić information content (AvgIpc) is 4.03. The van der Waals surface area contributed by atoms with Crippen LogP contribution >= 0.6 is 46.4 Å². The third-order valence-electron chi connectivity index (χ3n) is 9.64. The first-order valence-electron chi connectivity index (χ1n) is 18.7. The van der Waals surface area contributed by atoms with Gasteiger partial charge in [0.05, 0.1) is 23.8 Å². The van der Waals surface area contributed by atoms with Crippen LogP contribution < -0.4 is 27.0 Å². The largest absolute Gasteiger partial charge is 0.399 e. The maximum absolute atomic E-state index is 12.3. The molecular formula is C43H35Cl4N11O2. The number of fused-ring (bicyclic) bond motifs is 2. The maximum atomic E-state index is 12.3. The fourth-order valence-electron chi connectivity index (χ4n) is 6.49. The van der Waals surface area contributed by atoms with E-state index in [9.17, 15) is 9.59 Å². The summed E-state index contributed by atoms with van der Waals surface area (Å²) < 4.78 is 3.47. The highest BCUT2D eigenvalue weighted by Gasteiger charge is 2.27. The third-order valence-corrected chi connectivity index (χ3v) is 10.8. The molecule has 1 aliphatic rings. The van der Waals surface area contributed by atoms with Crippen LogP contribution in [0.5, 0.6) is 0 Å². The molecule has 1 atom stereocenters. The molecule has 302 valence electrons. The van der Waals surface area contributed by atoms with E-state index in [1.165, 1.54) is 0 Å². The Morgan fingerprint density at radius 3 is 1.65 bits per heavy atom. The van der Waals surface area contributed by atoms with Gasteiger partial charge in [-0.05, 0) is 66.1 Å². The summed E-state index contributed by atoms with van der Waals surface area (Å²) in [5.74, 6) is 1.26. The summed E-state index contributed by atoms with van der Waals surface area (Å²) in [6, 6.07) is 32.9. The van der Waals surface area contributed by atoms with Gasteiger partial charge in [0.15, 0.2) is 11.3 Å². The summed E-state index contributed by atoms with van der Waals surface area (Å²) in [5, 5.41) is 23.4. The molecule has 4 aromatic carbocycles. The summed E-state index contributed by atoms with van der Waals surface area (Å²) >= 11 is 24.5. The zero-order valence-corrected chi connectivity index (χ0v) is 34.6. The Hall–Kier alpha value is -6.38. The van der Waals surface area contributed by atoms with Gasteiger partial charge in [0, 0.05) is 86.4 Å². The third kappa shape index (κ3) is 9.40. The smallest absolute Gasteiger partial charge is 0.246 e. The van der Waals surface area contributed by atoms with Crippen LogP contribution in [0.25, 0.3) is 33.8 Å². The lowest BCUT2D eigenvalue weighted by molar-refractivity contribution is -0.122. The first kappa shape index (κ1) is 40.4. The predicted molar refractivity (Wildman–Crippen MR) is 239 cm³/mol. The SMILES string of the molecule is Nc1ccc(-c2cc(NCc3ccc(Cl)cc3Cl)n3nccc3n2)cc1.O=C1CC[C@H](C(=O)Nc2ccc(-c3cc(NCc4ccc(Cl)cc4Cl)n4nccc4n3)cc2)N1. The Labute approximate surface area is 363 Å². The summed E-state index contributed by atoms with van der Waals surface area (Å²) in [4.78, 5) is 33.0. The van der Waals surface area contributed by atoms with Crippen LogP contribution in [0.4, 0.5) is 23.0 Å². The zero-order chi connectivity index (χ0) is 41.8. The van der Waals surface area contributed by atoms with Crippen molar-refractivity contribution in [1.29, 1.82) is 0 Å². The first-order chi connectivity index (χ1) is 29.1. The first-order valence-corrected chi connectivity index (χ1v) is 20.2. The van der Waals surface area contributed by atoms with Crippen LogP contribution in [0, 0.1) is 0 Å². The van der Waals surface area contributed by atoms with E-state index in [1.807, 2.05) is 91.0 Å². The second kappa shape index (κ2) is 17.9. The van der Waals surface area contributed by atoms with Crippen molar-refractivity contribution < 1.29 is 9.59 Å². The van der Waals surface area contributed by atoms with Gasteiger partial charge in [0.1, 0.15) is 17.7 Å². The van der Waals surface area contributed by atoms with Crippen LogP contribution in [0.1, 0.15) is 24.0 Å². The summed E-state index contributed by atoms with van der Waals surface area (Å²) in [6.07, 6.45) is 4.29. The van der Waals surface area contributed by atoms with Gasteiger partial charge in [-0.25, -0.2) is 9.97 Å². The molecule has 4 aromatic heterocycles. The van der Waals surface area contributed by atoms with E-state index >= 15 is 0 Å². The van der Waals surface area contributed by atoms with Gasteiger partial charge in [-0.3, -0.25) is 9.59 Å². The van der Waals surface area contributed by atoms with Crippen LogP contribution in [0.2, 0.25) is 20.1 Å². The quantitative estimate of drug-likeness (QED) is 0.0841. The molecule has 60 heavy (non-hydrogen) atoms. The second-order valence-electron chi connectivity index (χ2n) is 13.8. The molecule has 2 amide bonds. The number of hydrogen-bond acceptors (Lipinski definition) is 9. The highest BCUT2D eigenvalue weighted by atomic mass is 35.5. The molecule has 13 nitrogen and oxygen atoms in total. The van der Waals surface area contributed by atoms with Crippen molar-refractivity contribution in [3.05, 3.63) is 153 Å². The fraction of sp³-hybridized carbons (Fsp3) is 0.116. The number of rotatable bonds is 10. The van der Waals surface area contributed by atoms with Crippen LogP contribution in [-0.2, 0) is 22.7 Å². The molecule has 0 unspecified atom stereocenters. The molecule has 17 heteroatoms. The lowest BCUT2D eigenvalue weighted by Crippen LogP contribution is -2.37. The van der Waals surface area contributed by atoms with Gasteiger partial charge in [-0.2, -0.15) is 19.2 Å².